The van der Waals surface area contributed by atoms with Crippen LogP contribution >= 0.6 is 0 Å². The van der Waals surface area contributed by atoms with Gasteiger partial charge in [0, 0.05) is 30.4 Å². The normalized spacial score (nSPS) is 25.2. The maximum absolute atomic E-state index is 13.1. The lowest BCUT2D eigenvalue weighted by Crippen LogP contribution is -2.60. The summed E-state index contributed by atoms with van der Waals surface area (Å²) in [6.07, 6.45) is 3.15. The maximum atomic E-state index is 13.1. The second-order valence-corrected chi connectivity index (χ2v) is 8.91. The third-order valence-corrected chi connectivity index (χ3v) is 6.97. The molecule has 2 saturated heterocycles. The zero-order valence-electron chi connectivity index (χ0n) is 14.5. The Morgan fingerprint density at radius 2 is 1.88 bits per heavy atom. The minimum Gasteiger partial charge on any atom is -0.332 e. The number of fused-ring (bicyclic) bond motifs is 1. The van der Waals surface area contributed by atoms with Crippen molar-refractivity contribution in [3.8, 4) is 5.69 Å². The first-order valence-electron chi connectivity index (χ1n) is 8.69. The molecule has 1 amide bonds. The number of hydrogen-bond acceptors (Lipinski definition) is 6. The molecule has 0 aliphatic carbocycles. The van der Waals surface area contributed by atoms with Gasteiger partial charge >= 0.3 is 0 Å². The minimum absolute atomic E-state index is 0.0467. The second-order valence-electron chi connectivity index (χ2n) is 6.76. The van der Waals surface area contributed by atoms with E-state index in [0.29, 0.717) is 18.7 Å². The standard InChI is InChI=1S/C17H21N5O3S/c1-2-20-6-7-22(16-10-26(24,25)9-15(16)20)17(23)13-4-3-5-14(8-13)21-11-18-19-12-21/h3-5,8,11-12,15-16H,2,6-7,9-10H2,1H3/t15-,16+/m1/s1. The highest BCUT2D eigenvalue weighted by atomic mass is 32.2. The van der Waals surface area contributed by atoms with Crippen molar-refractivity contribution in [2.75, 3.05) is 31.1 Å². The van der Waals surface area contributed by atoms with Crippen molar-refractivity contribution in [3.05, 3.63) is 42.5 Å². The molecule has 2 aliphatic heterocycles. The highest BCUT2D eigenvalue weighted by Crippen LogP contribution is 2.28. The number of aromatic nitrogens is 3. The number of piperazine rings is 1. The second kappa shape index (κ2) is 6.48. The Kier molecular flexibility index (Phi) is 4.28. The van der Waals surface area contributed by atoms with Crippen LogP contribution in [0.4, 0.5) is 0 Å². The van der Waals surface area contributed by atoms with Gasteiger partial charge < -0.3 is 4.90 Å². The van der Waals surface area contributed by atoms with Gasteiger partial charge in [-0.05, 0) is 24.7 Å². The maximum Gasteiger partial charge on any atom is 0.254 e. The van der Waals surface area contributed by atoms with Crippen LogP contribution in [-0.2, 0) is 9.84 Å². The van der Waals surface area contributed by atoms with E-state index in [1.54, 1.807) is 34.3 Å². The number of sulfone groups is 1. The van der Waals surface area contributed by atoms with Crippen molar-refractivity contribution in [3.63, 3.8) is 0 Å². The zero-order valence-corrected chi connectivity index (χ0v) is 15.3. The predicted octanol–water partition coefficient (Wildman–Crippen LogP) is 0.211. The largest absolute Gasteiger partial charge is 0.332 e. The minimum atomic E-state index is -3.12. The Morgan fingerprint density at radius 3 is 2.62 bits per heavy atom. The molecule has 4 rings (SSSR count). The zero-order chi connectivity index (χ0) is 18.3. The van der Waals surface area contributed by atoms with E-state index in [4.69, 9.17) is 0 Å². The molecule has 0 unspecified atom stereocenters. The third-order valence-electron chi connectivity index (χ3n) is 5.27. The van der Waals surface area contributed by atoms with Crippen LogP contribution in [0.1, 0.15) is 17.3 Å². The highest BCUT2D eigenvalue weighted by Gasteiger charge is 2.47. The Hall–Kier alpha value is -2.26. The van der Waals surface area contributed by atoms with Crippen LogP contribution in [0.15, 0.2) is 36.9 Å². The molecule has 26 heavy (non-hydrogen) atoms. The Morgan fingerprint density at radius 1 is 1.15 bits per heavy atom. The number of nitrogens with zero attached hydrogens (tertiary/aromatic N) is 5. The van der Waals surface area contributed by atoms with E-state index in [1.165, 1.54) is 0 Å². The summed E-state index contributed by atoms with van der Waals surface area (Å²) in [7, 11) is -3.12. The molecule has 8 nitrogen and oxygen atoms in total. The summed E-state index contributed by atoms with van der Waals surface area (Å²) in [6, 6.07) is 6.85. The van der Waals surface area contributed by atoms with Crippen molar-refractivity contribution < 1.29 is 13.2 Å². The van der Waals surface area contributed by atoms with E-state index in [0.717, 1.165) is 12.2 Å². The molecule has 2 fully saturated rings. The van der Waals surface area contributed by atoms with Gasteiger partial charge in [0.05, 0.1) is 17.5 Å². The molecule has 2 aliphatic rings. The molecular formula is C17H21N5O3S. The average molecular weight is 375 g/mol. The van der Waals surface area contributed by atoms with Crippen LogP contribution in [0, 0.1) is 0 Å². The number of benzene rings is 1. The monoisotopic (exact) mass is 375 g/mol. The van der Waals surface area contributed by atoms with Crippen LogP contribution in [0.3, 0.4) is 0 Å². The molecule has 0 saturated carbocycles. The molecule has 138 valence electrons. The fraction of sp³-hybridized carbons (Fsp3) is 0.471. The highest BCUT2D eigenvalue weighted by molar-refractivity contribution is 7.91. The van der Waals surface area contributed by atoms with E-state index in [2.05, 4.69) is 15.1 Å². The lowest BCUT2D eigenvalue weighted by Gasteiger charge is -2.43. The summed E-state index contributed by atoms with van der Waals surface area (Å²) in [4.78, 5) is 17.1. The van der Waals surface area contributed by atoms with Crippen LogP contribution in [-0.4, -0.2) is 82.1 Å². The van der Waals surface area contributed by atoms with E-state index < -0.39 is 9.84 Å². The fourth-order valence-corrected chi connectivity index (χ4v) is 5.98. The van der Waals surface area contributed by atoms with Gasteiger partial charge in [-0.25, -0.2) is 8.42 Å². The fourth-order valence-electron chi connectivity index (χ4n) is 3.97. The molecule has 0 radical (unpaired) electrons. The first kappa shape index (κ1) is 17.2. The number of likely N-dealkylation sites (N-methyl/N-ethyl adjacent to an activating group) is 1. The van der Waals surface area contributed by atoms with Crippen LogP contribution in [0.2, 0.25) is 0 Å². The molecule has 0 spiro atoms. The third kappa shape index (κ3) is 3.01. The van der Waals surface area contributed by atoms with Gasteiger partial charge in [0.25, 0.3) is 5.91 Å². The number of carbonyl (C=O) groups is 1. The van der Waals surface area contributed by atoms with Crippen molar-refractivity contribution in [1.29, 1.82) is 0 Å². The molecule has 1 aromatic heterocycles. The van der Waals surface area contributed by atoms with Gasteiger partial charge in [-0.3, -0.25) is 14.3 Å². The number of rotatable bonds is 3. The first-order chi connectivity index (χ1) is 12.5. The molecule has 2 atom stereocenters. The summed E-state index contributed by atoms with van der Waals surface area (Å²) < 4.78 is 26.1. The summed E-state index contributed by atoms with van der Waals surface area (Å²) >= 11 is 0. The molecule has 9 heteroatoms. The van der Waals surface area contributed by atoms with E-state index in [9.17, 15) is 13.2 Å². The van der Waals surface area contributed by atoms with Gasteiger partial charge in [0.15, 0.2) is 9.84 Å². The summed E-state index contributed by atoms with van der Waals surface area (Å²) in [5.74, 6) is 0.0592. The number of hydrogen-bond donors (Lipinski definition) is 0. The molecule has 3 heterocycles. The quantitative estimate of drug-likeness (QED) is 0.762. The van der Waals surface area contributed by atoms with Crippen molar-refractivity contribution in [2.24, 2.45) is 0 Å². The van der Waals surface area contributed by atoms with Crippen LogP contribution < -0.4 is 0 Å². The smallest absolute Gasteiger partial charge is 0.254 e. The van der Waals surface area contributed by atoms with E-state index in [-0.39, 0.29) is 29.5 Å². The van der Waals surface area contributed by atoms with Gasteiger partial charge in [-0.2, -0.15) is 0 Å². The predicted molar refractivity (Wildman–Crippen MR) is 95.9 cm³/mol. The Bertz CT molecular complexity index is 912. The van der Waals surface area contributed by atoms with Gasteiger partial charge in [0.2, 0.25) is 0 Å². The lowest BCUT2D eigenvalue weighted by molar-refractivity contribution is 0.0349. The number of carbonyl (C=O) groups excluding carboxylic acids is 1. The summed E-state index contributed by atoms with van der Waals surface area (Å²) in [5.41, 5.74) is 1.34. The van der Waals surface area contributed by atoms with Crippen LogP contribution in [0.5, 0.6) is 0 Å². The van der Waals surface area contributed by atoms with Crippen molar-refractivity contribution in [1.82, 2.24) is 24.6 Å². The van der Waals surface area contributed by atoms with Gasteiger partial charge in [-0.1, -0.05) is 13.0 Å². The number of amides is 1. The average Bonchev–Trinajstić information content (AvgIpc) is 3.27. The van der Waals surface area contributed by atoms with Gasteiger partial charge in [-0.15, -0.1) is 10.2 Å². The van der Waals surface area contributed by atoms with E-state index >= 15 is 0 Å². The Balaban J connectivity index is 1.63. The topological polar surface area (TPSA) is 88.4 Å². The Labute approximate surface area is 152 Å². The van der Waals surface area contributed by atoms with Gasteiger partial charge in [0.1, 0.15) is 12.7 Å². The molecule has 0 N–H and O–H groups in total. The molecule has 1 aromatic carbocycles. The summed E-state index contributed by atoms with van der Waals surface area (Å²) in [5, 5.41) is 7.57. The molecule has 2 aromatic rings. The summed E-state index contributed by atoms with van der Waals surface area (Å²) in [6.45, 7) is 4.06. The van der Waals surface area contributed by atoms with Crippen LogP contribution in [0.25, 0.3) is 5.69 Å². The van der Waals surface area contributed by atoms with Crippen molar-refractivity contribution >= 4 is 15.7 Å². The molecule has 0 bridgehead atoms. The van der Waals surface area contributed by atoms with Crippen molar-refractivity contribution in [2.45, 2.75) is 19.0 Å². The molecular weight excluding hydrogens is 354 g/mol. The lowest BCUT2D eigenvalue weighted by atomic mass is 10.0. The first-order valence-corrected chi connectivity index (χ1v) is 10.5. The van der Waals surface area contributed by atoms with E-state index in [1.807, 2.05) is 19.1 Å². The SMILES string of the molecule is CCN1CCN(C(=O)c2cccc(-n3cnnc3)c2)[C@H]2CS(=O)(=O)C[C@H]21.